The second-order valence-electron chi connectivity index (χ2n) is 2.87. The van der Waals surface area contributed by atoms with Crippen LogP contribution in [0.3, 0.4) is 0 Å². The van der Waals surface area contributed by atoms with Crippen LogP contribution in [0.25, 0.3) is 11.1 Å². The van der Waals surface area contributed by atoms with E-state index in [0.29, 0.717) is 0 Å². The maximum Gasteiger partial charge on any atom is 0.133 e. The lowest BCUT2D eigenvalue weighted by Crippen LogP contribution is -1.78. The minimum absolute atomic E-state index is 0.445. The van der Waals surface area contributed by atoms with Gasteiger partial charge in [0, 0.05) is 0 Å². The summed E-state index contributed by atoms with van der Waals surface area (Å²) >= 11 is 11.7. The maximum atomic E-state index is 5.83. The summed E-state index contributed by atoms with van der Waals surface area (Å²) in [6.07, 6.45) is 0. The van der Waals surface area contributed by atoms with Crippen LogP contribution in [0.1, 0.15) is 10.4 Å². The van der Waals surface area contributed by atoms with Crippen LogP contribution in [0.5, 0.6) is 0 Å². The average molecular weight is 211 g/mol. The molecule has 0 nitrogen and oxygen atoms in total. The Labute approximate surface area is 87.4 Å². The van der Waals surface area contributed by atoms with E-state index >= 15 is 0 Å². The highest BCUT2D eigenvalue weighted by Crippen LogP contribution is 2.36. The van der Waals surface area contributed by atoms with E-state index < -0.39 is 4.84 Å². The first-order valence-corrected chi connectivity index (χ1v) is 4.92. The molecule has 0 aromatic rings. The minimum Gasteiger partial charge on any atom is -0.100 e. The number of fused-ring (bicyclic) bond motifs is 1. The van der Waals surface area contributed by atoms with E-state index in [0.717, 1.165) is 11.1 Å². The zero-order chi connectivity index (χ0) is 9.26. The molecule has 0 saturated heterocycles. The van der Waals surface area contributed by atoms with Crippen molar-refractivity contribution in [1.29, 1.82) is 0 Å². The highest BCUT2D eigenvalue weighted by molar-refractivity contribution is 6.44. The summed E-state index contributed by atoms with van der Waals surface area (Å²) in [5.41, 5.74) is 3.28. The summed E-state index contributed by atoms with van der Waals surface area (Å²) in [5, 5.41) is 0. The molecule has 0 heterocycles. The Morgan fingerprint density at radius 1 is 0.846 bits per heavy atom. The molecule has 0 spiro atoms. The van der Waals surface area contributed by atoms with Crippen molar-refractivity contribution in [1.82, 2.24) is 0 Å². The molecule has 0 bridgehead atoms. The van der Waals surface area contributed by atoms with Crippen molar-refractivity contribution in [2.75, 3.05) is 0 Å². The first-order chi connectivity index (χ1) is 6.29. The zero-order valence-electron chi connectivity index (χ0n) is 6.87. The molecule has 66 valence electrons. The fourth-order valence-corrected chi connectivity index (χ4v) is 1.81. The summed E-state index contributed by atoms with van der Waals surface area (Å²) in [4.78, 5) is -0.445. The third-order valence-electron chi connectivity index (χ3n) is 2.06. The Balaban J connectivity index is 2.62. The first-order valence-electron chi connectivity index (χ1n) is 4.05. The summed E-state index contributed by atoms with van der Waals surface area (Å²) in [6.45, 7) is 0. The molecule has 0 saturated carbocycles. The third-order valence-corrected chi connectivity index (χ3v) is 2.53. The van der Waals surface area contributed by atoms with Crippen LogP contribution < -0.4 is 0 Å². The number of alkyl halides is 2. The van der Waals surface area contributed by atoms with E-state index in [1.165, 1.54) is 5.56 Å². The molecule has 2 heteroatoms. The van der Waals surface area contributed by atoms with Crippen LogP contribution in [0, 0.1) is 0 Å². The average Bonchev–Trinajstić information content (AvgIpc) is 2.36. The van der Waals surface area contributed by atoms with Gasteiger partial charge >= 0.3 is 0 Å². The van der Waals surface area contributed by atoms with Crippen molar-refractivity contribution in [3.05, 3.63) is 48.0 Å². The minimum atomic E-state index is -0.445. The van der Waals surface area contributed by atoms with Crippen LogP contribution in [-0.2, 0) is 0 Å². The van der Waals surface area contributed by atoms with E-state index in [-0.39, 0.29) is 0 Å². The van der Waals surface area contributed by atoms with Gasteiger partial charge in [0.15, 0.2) is 0 Å². The molecule has 0 fully saturated rings. The Hall–Kier alpha value is -0.720. The monoisotopic (exact) mass is 210 g/mol. The van der Waals surface area contributed by atoms with Crippen LogP contribution >= 0.6 is 23.2 Å². The first kappa shape index (κ1) is 8.86. The van der Waals surface area contributed by atoms with Gasteiger partial charge in [0.05, 0.1) is 0 Å². The second kappa shape index (κ2) is 3.57. The smallest absolute Gasteiger partial charge is 0.100 e. The van der Waals surface area contributed by atoms with Crippen molar-refractivity contribution in [3.8, 4) is 11.1 Å². The molecule has 2 aliphatic carbocycles. The van der Waals surface area contributed by atoms with Crippen LogP contribution in [0.4, 0.5) is 0 Å². The summed E-state index contributed by atoms with van der Waals surface area (Å²) < 4.78 is 0. The molecule has 2 rings (SSSR count). The van der Waals surface area contributed by atoms with Gasteiger partial charge in [-0.1, -0.05) is 42.5 Å². The van der Waals surface area contributed by atoms with E-state index in [4.69, 9.17) is 23.2 Å². The van der Waals surface area contributed by atoms with E-state index in [1.54, 1.807) is 0 Å². The molecular weight excluding hydrogens is 203 g/mol. The molecule has 2 aliphatic rings. The molecule has 0 atom stereocenters. The molecule has 0 amide bonds. The highest BCUT2D eigenvalue weighted by Gasteiger charge is 2.12. The number of hydrogen-bond donors (Lipinski definition) is 0. The fourth-order valence-electron chi connectivity index (χ4n) is 1.43. The van der Waals surface area contributed by atoms with Crippen molar-refractivity contribution < 1.29 is 0 Å². The molecule has 0 radical (unpaired) electrons. The van der Waals surface area contributed by atoms with Gasteiger partial charge in [-0.2, -0.15) is 0 Å². The number of hydrogen-bond acceptors (Lipinski definition) is 0. The topological polar surface area (TPSA) is 0 Å². The summed E-state index contributed by atoms with van der Waals surface area (Å²) in [5.74, 6) is 0. The lowest BCUT2D eigenvalue weighted by Gasteiger charge is -2.00. The van der Waals surface area contributed by atoms with Gasteiger partial charge in [0.1, 0.15) is 4.84 Å². The van der Waals surface area contributed by atoms with Crippen molar-refractivity contribution >= 4 is 23.2 Å². The van der Waals surface area contributed by atoms with Gasteiger partial charge < -0.3 is 0 Å². The highest BCUT2D eigenvalue weighted by atomic mass is 35.5. The van der Waals surface area contributed by atoms with E-state index in [9.17, 15) is 0 Å². The summed E-state index contributed by atoms with van der Waals surface area (Å²) in [6, 6.07) is 14.1. The van der Waals surface area contributed by atoms with Crippen LogP contribution in [-0.4, -0.2) is 0 Å². The summed E-state index contributed by atoms with van der Waals surface area (Å²) in [7, 11) is 0. The van der Waals surface area contributed by atoms with Gasteiger partial charge in [-0.15, -0.1) is 23.2 Å². The van der Waals surface area contributed by atoms with Gasteiger partial charge in [0.25, 0.3) is 0 Å². The molecule has 0 aromatic carbocycles. The Kier molecular flexibility index (Phi) is 2.43. The van der Waals surface area contributed by atoms with Gasteiger partial charge in [-0.25, -0.2) is 0 Å². The predicted octanol–water partition coefficient (Wildman–Crippen LogP) is 4.27. The third kappa shape index (κ3) is 1.65. The normalized spacial score (nSPS) is 11.0. The Morgan fingerprint density at radius 2 is 1.62 bits per heavy atom. The van der Waals surface area contributed by atoms with E-state index in [1.807, 2.05) is 36.4 Å². The van der Waals surface area contributed by atoms with E-state index in [2.05, 4.69) is 6.07 Å². The second-order valence-corrected chi connectivity index (χ2v) is 3.97. The lowest BCUT2D eigenvalue weighted by atomic mass is 10.1. The van der Waals surface area contributed by atoms with Crippen molar-refractivity contribution in [3.63, 3.8) is 0 Å². The van der Waals surface area contributed by atoms with Gasteiger partial charge in [-0.3, -0.25) is 0 Å². The predicted molar refractivity (Wildman–Crippen MR) is 57.5 cm³/mol. The fraction of sp³-hybridized carbons (Fsp3) is 0.0909. The standard InChI is InChI=1S/C11H8Cl2/c12-11(13)10-7-6-8-4-2-1-3-5-9(8)10/h1-7,11H. The van der Waals surface area contributed by atoms with Gasteiger partial charge in [-0.05, 0) is 16.7 Å². The zero-order valence-corrected chi connectivity index (χ0v) is 8.39. The quantitative estimate of drug-likeness (QED) is 0.618. The van der Waals surface area contributed by atoms with Crippen LogP contribution in [0.2, 0.25) is 0 Å². The molecule has 13 heavy (non-hydrogen) atoms. The van der Waals surface area contributed by atoms with Gasteiger partial charge in [0.2, 0.25) is 0 Å². The lowest BCUT2D eigenvalue weighted by molar-refractivity contribution is 1.39. The van der Waals surface area contributed by atoms with Crippen molar-refractivity contribution in [2.45, 2.75) is 4.84 Å². The molecule has 0 unspecified atom stereocenters. The molecule has 0 aliphatic heterocycles. The van der Waals surface area contributed by atoms with Crippen LogP contribution in [0.15, 0.2) is 42.5 Å². The Bertz CT molecular complexity index is 382. The molecule has 0 N–H and O–H groups in total. The number of rotatable bonds is 1. The largest absolute Gasteiger partial charge is 0.133 e. The Morgan fingerprint density at radius 3 is 2.38 bits per heavy atom. The molecular formula is C11H8Cl2. The number of halogens is 2. The SMILES string of the molecule is ClC(Cl)c1ccc2cccccc1-2. The maximum absolute atomic E-state index is 5.83. The van der Waals surface area contributed by atoms with Crippen molar-refractivity contribution in [2.24, 2.45) is 0 Å². The molecule has 0 aromatic heterocycles.